The molecule has 2 unspecified atom stereocenters. The fourth-order valence-corrected chi connectivity index (χ4v) is 3.02. The summed E-state index contributed by atoms with van der Waals surface area (Å²) < 4.78 is 0. The summed E-state index contributed by atoms with van der Waals surface area (Å²) in [5.41, 5.74) is -0.0497. The van der Waals surface area contributed by atoms with Crippen molar-refractivity contribution in [1.82, 2.24) is 0 Å². The van der Waals surface area contributed by atoms with Crippen molar-refractivity contribution in [3.05, 3.63) is 39.9 Å². The van der Waals surface area contributed by atoms with E-state index in [9.17, 15) is 25.1 Å². The average Bonchev–Trinajstić information content (AvgIpc) is 2.36. The van der Waals surface area contributed by atoms with Crippen LogP contribution in [-0.4, -0.2) is 33.1 Å². The van der Waals surface area contributed by atoms with Gasteiger partial charge in [-0.1, -0.05) is 13.8 Å². The monoisotopic (exact) mass is 293 g/mol. The summed E-state index contributed by atoms with van der Waals surface area (Å²) in [5.74, 6) is -1.25. The van der Waals surface area contributed by atoms with E-state index in [-0.39, 0.29) is 22.4 Å². The molecule has 0 aliphatic heterocycles. The topological polar surface area (TPSA) is 101 Å². The van der Waals surface area contributed by atoms with Gasteiger partial charge in [-0.3, -0.25) is 14.9 Å². The maximum Gasteiger partial charge on any atom is 0.269 e. The summed E-state index contributed by atoms with van der Waals surface area (Å²) in [6.45, 7) is 3.87. The van der Waals surface area contributed by atoms with Gasteiger partial charge in [0.2, 0.25) is 0 Å². The molecule has 1 aliphatic rings. The summed E-state index contributed by atoms with van der Waals surface area (Å²) in [4.78, 5) is 22.5. The van der Waals surface area contributed by atoms with Gasteiger partial charge in [0.1, 0.15) is 0 Å². The molecule has 21 heavy (non-hydrogen) atoms. The van der Waals surface area contributed by atoms with Crippen LogP contribution in [0.25, 0.3) is 0 Å². The second kappa shape index (κ2) is 5.54. The molecular weight excluding hydrogens is 274 g/mol. The third-order valence-electron chi connectivity index (χ3n) is 4.02. The number of benzene rings is 1. The SMILES string of the molecule is CC1(C)CC(O)C(C(=O)c2ccc([N+](=O)[O-])cc2)C(O)C1. The van der Waals surface area contributed by atoms with Crippen molar-refractivity contribution in [2.24, 2.45) is 11.3 Å². The summed E-state index contributed by atoms with van der Waals surface area (Å²) in [5, 5.41) is 30.9. The van der Waals surface area contributed by atoms with E-state index < -0.39 is 23.0 Å². The molecule has 1 aromatic carbocycles. The zero-order valence-electron chi connectivity index (χ0n) is 12.0. The van der Waals surface area contributed by atoms with Crippen molar-refractivity contribution < 1.29 is 19.9 Å². The Kier molecular flexibility index (Phi) is 4.11. The zero-order valence-corrected chi connectivity index (χ0v) is 12.0. The first-order valence-corrected chi connectivity index (χ1v) is 6.86. The lowest BCUT2D eigenvalue weighted by Crippen LogP contribution is -2.47. The fraction of sp³-hybridized carbons (Fsp3) is 0.533. The van der Waals surface area contributed by atoms with Crippen molar-refractivity contribution in [2.45, 2.75) is 38.9 Å². The standard InChI is InChI=1S/C15H19NO5/c1-15(2)7-11(17)13(12(18)8-15)14(19)9-3-5-10(6-4-9)16(20)21/h3-6,11-13,17-18H,7-8H2,1-2H3. The van der Waals surface area contributed by atoms with Gasteiger partial charge in [-0.15, -0.1) is 0 Å². The molecule has 1 aliphatic carbocycles. The minimum atomic E-state index is -0.911. The number of nitro groups is 1. The van der Waals surface area contributed by atoms with Crippen molar-refractivity contribution >= 4 is 11.5 Å². The fourth-order valence-electron chi connectivity index (χ4n) is 3.02. The maximum absolute atomic E-state index is 12.4. The van der Waals surface area contributed by atoms with Crippen molar-refractivity contribution in [2.75, 3.05) is 0 Å². The molecule has 2 N–H and O–H groups in total. The van der Waals surface area contributed by atoms with Crippen LogP contribution in [-0.2, 0) is 0 Å². The molecule has 1 saturated carbocycles. The molecule has 0 bridgehead atoms. The Morgan fingerprint density at radius 2 is 1.67 bits per heavy atom. The Labute approximate surface area is 122 Å². The molecule has 1 fully saturated rings. The van der Waals surface area contributed by atoms with Crippen LogP contribution >= 0.6 is 0 Å². The quantitative estimate of drug-likeness (QED) is 0.504. The van der Waals surface area contributed by atoms with E-state index in [2.05, 4.69) is 0 Å². The molecule has 114 valence electrons. The van der Waals surface area contributed by atoms with Crippen LogP contribution in [0.15, 0.2) is 24.3 Å². The number of nitrogens with zero attached hydrogens (tertiary/aromatic N) is 1. The van der Waals surface area contributed by atoms with Gasteiger partial charge in [0.05, 0.1) is 23.0 Å². The number of ketones is 1. The van der Waals surface area contributed by atoms with Crippen molar-refractivity contribution in [3.8, 4) is 0 Å². The summed E-state index contributed by atoms with van der Waals surface area (Å²) in [7, 11) is 0. The Balaban J connectivity index is 2.21. The van der Waals surface area contributed by atoms with Crippen LogP contribution in [0.2, 0.25) is 0 Å². The lowest BCUT2D eigenvalue weighted by Gasteiger charge is -2.40. The smallest absolute Gasteiger partial charge is 0.269 e. The number of non-ortho nitro benzene ring substituents is 1. The van der Waals surface area contributed by atoms with E-state index in [1.54, 1.807) is 0 Å². The molecule has 6 heteroatoms. The van der Waals surface area contributed by atoms with E-state index in [1.807, 2.05) is 13.8 Å². The third kappa shape index (κ3) is 3.28. The molecule has 1 aromatic rings. The van der Waals surface area contributed by atoms with E-state index in [0.29, 0.717) is 12.8 Å². The van der Waals surface area contributed by atoms with Gasteiger partial charge >= 0.3 is 0 Å². The van der Waals surface area contributed by atoms with Gasteiger partial charge in [-0.25, -0.2) is 0 Å². The third-order valence-corrected chi connectivity index (χ3v) is 4.02. The molecule has 0 amide bonds. The van der Waals surface area contributed by atoms with Gasteiger partial charge < -0.3 is 10.2 Å². The summed E-state index contributed by atoms with van der Waals surface area (Å²) in [6.07, 6.45) is -0.946. The molecule has 0 spiro atoms. The normalized spacial score (nSPS) is 28.1. The number of carbonyl (C=O) groups is 1. The Hall–Kier alpha value is -1.79. The molecule has 0 heterocycles. The molecule has 0 radical (unpaired) electrons. The highest BCUT2D eigenvalue weighted by atomic mass is 16.6. The largest absolute Gasteiger partial charge is 0.392 e. The maximum atomic E-state index is 12.4. The first-order valence-electron chi connectivity index (χ1n) is 6.86. The number of rotatable bonds is 3. The van der Waals surface area contributed by atoms with Gasteiger partial charge in [0.15, 0.2) is 5.78 Å². The molecule has 2 rings (SSSR count). The second-order valence-electron chi connectivity index (χ2n) is 6.40. The predicted octanol–water partition coefficient (Wildman–Crippen LogP) is 1.94. The molecular formula is C15H19NO5. The Morgan fingerprint density at radius 1 is 1.19 bits per heavy atom. The predicted molar refractivity (Wildman–Crippen MR) is 75.9 cm³/mol. The van der Waals surface area contributed by atoms with Crippen molar-refractivity contribution in [3.63, 3.8) is 0 Å². The van der Waals surface area contributed by atoms with Gasteiger partial charge in [0.25, 0.3) is 5.69 Å². The average molecular weight is 293 g/mol. The number of carbonyl (C=O) groups excluding carboxylic acids is 1. The first-order chi connectivity index (χ1) is 9.71. The van der Waals surface area contributed by atoms with E-state index in [0.717, 1.165) is 0 Å². The number of nitro benzene ring substituents is 1. The number of hydrogen-bond donors (Lipinski definition) is 2. The van der Waals surface area contributed by atoms with E-state index in [1.165, 1.54) is 24.3 Å². The highest BCUT2D eigenvalue weighted by Gasteiger charge is 2.43. The van der Waals surface area contributed by atoms with Crippen molar-refractivity contribution in [1.29, 1.82) is 0 Å². The van der Waals surface area contributed by atoms with Crippen LogP contribution in [0.1, 0.15) is 37.0 Å². The number of hydrogen-bond acceptors (Lipinski definition) is 5. The van der Waals surface area contributed by atoms with Crippen LogP contribution in [0, 0.1) is 21.4 Å². The van der Waals surface area contributed by atoms with Gasteiger partial charge in [0, 0.05) is 17.7 Å². The highest BCUT2D eigenvalue weighted by molar-refractivity contribution is 5.98. The molecule has 6 nitrogen and oxygen atoms in total. The lowest BCUT2D eigenvalue weighted by molar-refractivity contribution is -0.384. The zero-order chi connectivity index (χ0) is 15.8. The number of aliphatic hydroxyl groups is 2. The Morgan fingerprint density at radius 3 is 2.10 bits per heavy atom. The molecule has 0 aromatic heterocycles. The molecule has 2 atom stereocenters. The minimum absolute atomic E-state index is 0.0996. The van der Waals surface area contributed by atoms with Gasteiger partial charge in [-0.2, -0.15) is 0 Å². The van der Waals surface area contributed by atoms with Crippen LogP contribution < -0.4 is 0 Å². The van der Waals surface area contributed by atoms with E-state index in [4.69, 9.17) is 0 Å². The van der Waals surface area contributed by atoms with Crippen LogP contribution in [0.4, 0.5) is 5.69 Å². The summed E-state index contributed by atoms with van der Waals surface area (Å²) in [6, 6.07) is 5.22. The highest BCUT2D eigenvalue weighted by Crippen LogP contribution is 2.39. The Bertz CT molecular complexity index is 538. The van der Waals surface area contributed by atoms with Gasteiger partial charge in [-0.05, 0) is 30.4 Å². The number of aliphatic hydroxyl groups excluding tert-OH is 2. The molecule has 0 saturated heterocycles. The van der Waals surface area contributed by atoms with Crippen LogP contribution in [0.5, 0.6) is 0 Å². The van der Waals surface area contributed by atoms with E-state index >= 15 is 0 Å². The number of Topliss-reactive ketones (excluding diaryl/α,β-unsaturated/α-hetero) is 1. The second-order valence-corrected chi connectivity index (χ2v) is 6.40. The lowest BCUT2D eigenvalue weighted by atomic mass is 9.68. The van der Waals surface area contributed by atoms with Crippen LogP contribution in [0.3, 0.4) is 0 Å². The first kappa shape index (κ1) is 15.6. The minimum Gasteiger partial charge on any atom is -0.392 e. The summed E-state index contributed by atoms with van der Waals surface area (Å²) >= 11 is 0.